The quantitative estimate of drug-likeness (QED) is 0.789. The summed E-state index contributed by atoms with van der Waals surface area (Å²) in [5, 5.41) is 2.77. The van der Waals surface area contributed by atoms with E-state index in [0.717, 1.165) is 50.5 Å². The number of carbonyl (C=O) groups is 3. The molecule has 1 saturated carbocycles. The predicted octanol–water partition coefficient (Wildman–Crippen LogP) is 3.61. The van der Waals surface area contributed by atoms with Gasteiger partial charge in [-0.3, -0.25) is 14.5 Å². The number of likely N-dealkylation sites (tertiary alicyclic amines) is 1. The molecule has 2 unspecified atom stereocenters. The van der Waals surface area contributed by atoms with Gasteiger partial charge < -0.3 is 10.2 Å². The Balaban J connectivity index is 1.43. The Labute approximate surface area is 172 Å². The lowest BCUT2D eigenvalue weighted by Gasteiger charge is -2.29. The second-order valence-corrected chi connectivity index (χ2v) is 8.80. The summed E-state index contributed by atoms with van der Waals surface area (Å²) in [7, 11) is 0. The van der Waals surface area contributed by atoms with E-state index in [4.69, 9.17) is 0 Å². The largest absolute Gasteiger partial charge is 0.336 e. The second kappa shape index (κ2) is 8.17. The van der Waals surface area contributed by atoms with Crippen LogP contribution < -0.4 is 5.32 Å². The molecule has 0 bridgehead atoms. The van der Waals surface area contributed by atoms with Crippen molar-refractivity contribution in [2.75, 3.05) is 6.54 Å². The van der Waals surface area contributed by atoms with Crippen LogP contribution in [0.3, 0.4) is 0 Å². The van der Waals surface area contributed by atoms with Crippen LogP contribution in [0.1, 0.15) is 74.1 Å². The molecular weight excluding hydrogens is 366 g/mol. The molecule has 6 heteroatoms. The highest BCUT2D eigenvalue weighted by Crippen LogP contribution is 2.34. The van der Waals surface area contributed by atoms with E-state index in [0.29, 0.717) is 6.54 Å². The molecule has 1 aromatic carbocycles. The monoisotopic (exact) mass is 397 g/mol. The third-order valence-electron chi connectivity index (χ3n) is 6.86. The molecule has 1 aromatic rings. The van der Waals surface area contributed by atoms with Crippen LogP contribution in [0.4, 0.5) is 4.79 Å². The predicted molar refractivity (Wildman–Crippen MR) is 110 cm³/mol. The maximum Gasteiger partial charge on any atom is 0.325 e. The van der Waals surface area contributed by atoms with Crippen molar-refractivity contribution in [2.45, 2.75) is 83.3 Å². The summed E-state index contributed by atoms with van der Waals surface area (Å²) in [6.07, 6.45) is 6.97. The first kappa shape index (κ1) is 19.9. The third-order valence-corrected chi connectivity index (χ3v) is 6.86. The van der Waals surface area contributed by atoms with Crippen LogP contribution >= 0.6 is 0 Å². The van der Waals surface area contributed by atoms with Gasteiger partial charge in [-0.15, -0.1) is 0 Å². The van der Waals surface area contributed by atoms with Crippen LogP contribution in [-0.2, 0) is 9.59 Å². The molecule has 6 nitrogen and oxygen atoms in total. The van der Waals surface area contributed by atoms with E-state index in [1.54, 1.807) is 0 Å². The van der Waals surface area contributed by atoms with E-state index in [-0.39, 0.29) is 36.3 Å². The molecule has 29 heavy (non-hydrogen) atoms. The zero-order valence-corrected chi connectivity index (χ0v) is 17.4. The maximum absolute atomic E-state index is 13.1. The maximum atomic E-state index is 13.1. The first-order chi connectivity index (χ1) is 14.0. The molecule has 1 N–H and O–H groups in total. The van der Waals surface area contributed by atoms with Crippen molar-refractivity contribution in [1.29, 1.82) is 0 Å². The SMILES string of the molecule is Cc1ccc(C2CCCN2C(=O)CC2NC(=O)N(C3CCCCC3)C2=O)cc1C. The number of nitrogens with one attached hydrogen (secondary N) is 1. The highest BCUT2D eigenvalue weighted by molar-refractivity contribution is 6.06. The fourth-order valence-corrected chi connectivity index (χ4v) is 5.05. The van der Waals surface area contributed by atoms with Gasteiger partial charge in [-0.05, 0) is 56.2 Å². The van der Waals surface area contributed by atoms with Crippen molar-refractivity contribution >= 4 is 17.8 Å². The van der Waals surface area contributed by atoms with E-state index >= 15 is 0 Å². The summed E-state index contributed by atoms with van der Waals surface area (Å²) >= 11 is 0. The molecule has 3 aliphatic rings. The summed E-state index contributed by atoms with van der Waals surface area (Å²) in [5.74, 6) is -0.271. The standard InChI is InChI=1S/C23H31N3O3/c1-15-10-11-17(13-16(15)2)20-9-6-12-25(20)21(27)14-19-22(28)26(23(29)24-19)18-7-4-3-5-8-18/h10-11,13,18-20H,3-9,12,14H2,1-2H3,(H,24,29). The van der Waals surface area contributed by atoms with Crippen LogP contribution in [0, 0.1) is 13.8 Å². The summed E-state index contributed by atoms with van der Waals surface area (Å²) in [5.41, 5.74) is 3.62. The minimum absolute atomic E-state index is 0.00794. The Morgan fingerprint density at radius 3 is 2.52 bits per heavy atom. The van der Waals surface area contributed by atoms with Crippen LogP contribution in [0.15, 0.2) is 18.2 Å². The molecule has 0 spiro atoms. The topological polar surface area (TPSA) is 69.7 Å². The smallest absolute Gasteiger partial charge is 0.325 e. The fourth-order valence-electron chi connectivity index (χ4n) is 5.05. The Morgan fingerprint density at radius 1 is 1.03 bits per heavy atom. The van der Waals surface area contributed by atoms with E-state index in [1.165, 1.54) is 16.0 Å². The van der Waals surface area contributed by atoms with Crippen molar-refractivity contribution in [3.63, 3.8) is 0 Å². The normalized spacial score (nSPS) is 25.6. The van der Waals surface area contributed by atoms with Crippen LogP contribution in [-0.4, -0.2) is 46.3 Å². The number of rotatable bonds is 4. The average molecular weight is 398 g/mol. The first-order valence-electron chi connectivity index (χ1n) is 11.0. The molecule has 0 aromatic heterocycles. The molecule has 4 rings (SSSR count). The van der Waals surface area contributed by atoms with Gasteiger partial charge in [-0.1, -0.05) is 37.5 Å². The number of hydrogen-bond donors (Lipinski definition) is 1. The molecule has 2 heterocycles. The van der Waals surface area contributed by atoms with Gasteiger partial charge >= 0.3 is 6.03 Å². The first-order valence-corrected chi connectivity index (χ1v) is 11.0. The van der Waals surface area contributed by atoms with Crippen LogP contribution in [0.25, 0.3) is 0 Å². The lowest BCUT2D eigenvalue weighted by atomic mass is 9.94. The molecule has 156 valence electrons. The van der Waals surface area contributed by atoms with Gasteiger partial charge in [-0.2, -0.15) is 0 Å². The Hall–Kier alpha value is -2.37. The lowest BCUT2D eigenvalue weighted by Crippen LogP contribution is -2.42. The number of aryl methyl sites for hydroxylation is 2. The minimum atomic E-state index is -0.724. The molecule has 2 aliphatic heterocycles. The van der Waals surface area contributed by atoms with Crippen molar-refractivity contribution in [3.05, 3.63) is 34.9 Å². The number of benzene rings is 1. The molecule has 2 saturated heterocycles. The van der Waals surface area contributed by atoms with E-state index in [1.807, 2.05) is 4.90 Å². The van der Waals surface area contributed by atoms with Gasteiger partial charge in [0.25, 0.3) is 5.91 Å². The summed E-state index contributed by atoms with van der Waals surface area (Å²) in [6, 6.07) is 5.37. The van der Waals surface area contributed by atoms with Crippen molar-refractivity contribution in [2.24, 2.45) is 0 Å². The number of urea groups is 1. The summed E-state index contributed by atoms with van der Waals surface area (Å²) in [4.78, 5) is 41.7. The number of hydrogen-bond acceptors (Lipinski definition) is 3. The van der Waals surface area contributed by atoms with E-state index < -0.39 is 6.04 Å². The molecule has 0 radical (unpaired) electrons. The number of imide groups is 1. The number of carbonyl (C=O) groups excluding carboxylic acids is 3. The van der Waals surface area contributed by atoms with E-state index in [2.05, 4.69) is 37.4 Å². The second-order valence-electron chi connectivity index (χ2n) is 8.80. The molecular formula is C23H31N3O3. The van der Waals surface area contributed by atoms with Crippen LogP contribution in [0.5, 0.6) is 0 Å². The van der Waals surface area contributed by atoms with Gasteiger partial charge in [0.2, 0.25) is 5.91 Å². The molecule has 1 aliphatic carbocycles. The van der Waals surface area contributed by atoms with Crippen molar-refractivity contribution in [3.8, 4) is 0 Å². The zero-order chi connectivity index (χ0) is 20.5. The Kier molecular flexibility index (Phi) is 5.61. The summed E-state index contributed by atoms with van der Waals surface area (Å²) < 4.78 is 0. The van der Waals surface area contributed by atoms with Gasteiger partial charge in [-0.25, -0.2) is 4.79 Å². The minimum Gasteiger partial charge on any atom is -0.336 e. The van der Waals surface area contributed by atoms with Crippen LogP contribution in [0.2, 0.25) is 0 Å². The highest BCUT2D eigenvalue weighted by Gasteiger charge is 2.44. The van der Waals surface area contributed by atoms with Gasteiger partial charge in [0, 0.05) is 12.6 Å². The molecule has 2 atom stereocenters. The van der Waals surface area contributed by atoms with Gasteiger partial charge in [0.15, 0.2) is 0 Å². The Bertz CT molecular complexity index is 816. The third kappa shape index (κ3) is 3.89. The molecule has 4 amide bonds. The van der Waals surface area contributed by atoms with Crippen molar-refractivity contribution < 1.29 is 14.4 Å². The van der Waals surface area contributed by atoms with Crippen molar-refractivity contribution in [1.82, 2.24) is 15.1 Å². The molecule has 3 fully saturated rings. The van der Waals surface area contributed by atoms with E-state index in [9.17, 15) is 14.4 Å². The number of nitrogens with zero attached hydrogens (tertiary/aromatic N) is 2. The zero-order valence-electron chi connectivity index (χ0n) is 17.4. The number of amides is 4. The highest BCUT2D eigenvalue weighted by atomic mass is 16.2. The summed E-state index contributed by atoms with van der Waals surface area (Å²) in [6.45, 7) is 4.88. The van der Waals surface area contributed by atoms with Gasteiger partial charge in [0.1, 0.15) is 6.04 Å². The lowest BCUT2D eigenvalue weighted by molar-refractivity contribution is -0.137. The Morgan fingerprint density at radius 2 is 1.79 bits per heavy atom. The van der Waals surface area contributed by atoms with Gasteiger partial charge in [0.05, 0.1) is 12.5 Å². The fraction of sp³-hybridized carbons (Fsp3) is 0.609. The average Bonchev–Trinajstić information content (AvgIpc) is 3.30.